The minimum Gasteiger partial charge on any atom is -0.457 e. The third kappa shape index (κ3) is 5.68. The monoisotopic (exact) mass is 440 g/mol. The van der Waals surface area contributed by atoms with Gasteiger partial charge in [-0.25, -0.2) is 0 Å². The van der Waals surface area contributed by atoms with Crippen molar-refractivity contribution in [3.8, 4) is 23.0 Å². The zero-order valence-corrected chi connectivity index (χ0v) is 18.4. The van der Waals surface area contributed by atoms with Gasteiger partial charge >= 0.3 is 0 Å². The molecule has 0 bridgehead atoms. The summed E-state index contributed by atoms with van der Waals surface area (Å²) in [4.78, 5) is 22.8. The zero-order chi connectivity index (χ0) is 23.2. The molecule has 0 aliphatic rings. The van der Waals surface area contributed by atoms with Gasteiger partial charge in [-0.05, 0) is 66.9 Å². The van der Waals surface area contributed by atoms with Crippen LogP contribution < -0.4 is 20.1 Å². The molecule has 6 nitrogen and oxygen atoms in total. The average molecular weight is 440 g/mol. The van der Waals surface area contributed by atoms with Crippen LogP contribution in [0.2, 0.25) is 0 Å². The van der Waals surface area contributed by atoms with Gasteiger partial charge in [0.25, 0.3) is 0 Å². The fraction of sp³-hybridized carbons (Fsp3) is 0.111. The minimum absolute atomic E-state index is 0.143. The van der Waals surface area contributed by atoms with Crippen LogP contribution in [0.3, 0.4) is 0 Å². The Morgan fingerprint density at radius 1 is 0.758 bits per heavy atom. The second kappa shape index (κ2) is 9.87. The molecule has 166 valence electrons. The second-order valence-corrected chi connectivity index (χ2v) is 7.57. The van der Waals surface area contributed by atoms with Gasteiger partial charge in [-0.3, -0.25) is 9.59 Å². The van der Waals surface area contributed by atoms with Crippen molar-refractivity contribution < 1.29 is 19.1 Å². The van der Waals surface area contributed by atoms with Gasteiger partial charge in [-0.1, -0.05) is 24.3 Å². The van der Waals surface area contributed by atoms with Gasteiger partial charge in [0.15, 0.2) is 0 Å². The SMILES string of the molecule is CNc1ccc(Oc2cc(Oc3ccc(NC(=O)CC(C)=O)cc3)cc3ccccc23)cc1. The van der Waals surface area contributed by atoms with Crippen molar-refractivity contribution in [2.45, 2.75) is 13.3 Å². The van der Waals surface area contributed by atoms with Crippen LogP contribution in [0.4, 0.5) is 11.4 Å². The maximum absolute atomic E-state index is 11.8. The van der Waals surface area contributed by atoms with E-state index in [2.05, 4.69) is 10.6 Å². The Labute approximate surface area is 192 Å². The number of ether oxygens (including phenoxy) is 2. The lowest BCUT2D eigenvalue weighted by molar-refractivity contribution is -0.124. The number of carbonyl (C=O) groups is 2. The number of hydrogen-bond acceptors (Lipinski definition) is 5. The number of benzene rings is 4. The van der Waals surface area contributed by atoms with Crippen molar-refractivity contribution in [2.24, 2.45) is 0 Å². The molecule has 4 aromatic carbocycles. The molecule has 0 aliphatic heterocycles. The molecule has 33 heavy (non-hydrogen) atoms. The molecule has 0 saturated carbocycles. The largest absolute Gasteiger partial charge is 0.457 e. The molecule has 4 rings (SSSR count). The molecule has 2 N–H and O–H groups in total. The van der Waals surface area contributed by atoms with Crippen molar-refractivity contribution in [1.29, 1.82) is 0 Å². The van der Waals surface area contributed by atoms with E-state index in [1.54, 1.807) is 24.3 Å². The fourth-order valence-corrected chi connectivity index (χ4v) is 3.38. The molecule has 0 heterocycles. The summed E-state index contributed by atoms with van der Waals surface area (Å²) in [6.45, 7) is 1.38. The molecular weight excluding hydrogens is 416 g/mol. The third-order valence-electron chi connectivity index (χ3n) is 4.95. The standard InChI is InChI=1S/C27H24N2O4/c1-18(30)15-27(31)29-21-9-13-22(14-10-21)32-24-16-19-5-3-4-6-25(19)26(17-24)33-23-11-7-20(28-2)8-12-23/h3-14,16-17,28H,15H2,1-2H3,(H,29,31). The summed E-state index contributed by atoms with van der Waals surface area (Å²) in [5.41, 5.74) is 1.60. The van der Waals surface area contributed by atoms with E-state index in [1.807, 2.05) is 67.7 Å². The number of ketones is 1. The lowest BCUT2D eigenvalue weighted by atomic mass is 10.1. The van der Waals surface area contributed by atoms with Crippen molar-refractivity contribution in [2.75, 3.05) is 17.7 Å². The maximum Gasteiger partial charge on any atom is 0.231 e. The van der Waals surface area contributed by atoms with E-state index in [0.717, 1.165) is 22.2 Å². The Morgan fingerprint density at radius 2 is 1.39 bits per heavy atom. The number of nitrogens with one attached hydrogen (secondary N) is 2. The quantitative estimate of drug-likeness (QED) is 0.311. The molecule has 4 aromatic rings. The molecule has 0 saturated heterocycles. The number of amides is 1. The molecule has 0 aromatic heterocycles. The summed E-state index contributed by atoms with van der Waals surface area (Å²) >= 11 is 0. The molecule has 0 fully saturated rings. The average Bonchev–Trinajstić information content (AvgIpc) is 2.80. The number of rotatable bonds is 8. The van der Waals surface area contributed by atoms with Crippen LogP contribution in [0.15, 0.2) is 84.9 Å². The normalized spacial score (nSPS) is 10.5. The van der Waals surface area contributed by atoms with Crippen LogP contribution in [0.1, 0.15) is 13.3 Å². The van der Waals surface area contributed by atoms with E-state index in [4.69, 9.17) is 9.47 Å². The summed E-state index contributed by atoms with van der Waals surface area (Å²) in [5.74, 6) is 2.13. The number of carbonyl (C=O) groups excluding carboxylic acids is 2. The fourth-order valence-electron chi connectivity index (χ4n) is 3.38. The van der Waals surface area contributed by atoms with Gasteiger partial charge in [0.05, 0.1) is 6.42 Å². The summed E-state index contributed by atoms with van der Waals surface area (Å²) in [7, 11) is 1.87. The summed E-state index contributed by atoms with van der Waals surface area (Å²) in [6, 6.07) is 26.5. The lowest BCUT2D eigenvalue weighted by Crippen LogP contribution is -2.14. The van der Waals surface area contributed by atoms with E-state index in [1.165, 1.54) is 6.92 Å². The number of Topliss-reactive ketones (excluding diaryl/α,β-unsaturated/α-hetero) is 1. The van der Waals surface area contributed by atoms with Gasteiger partial charge in [0.2, 0.25) is 5.91 Å². The van der Waals surface area contributed by atoms with Gasteiger partial charge in [-0.15, -0.1) is 0 Å². The number of anilines is 2. The highest BCUT2D eigenvalue weighted by atomic mass is 16.5. The minimum atomic E-state index is -0.338. The van der Waals surface area contributed by atoms with Crippen LogP contribution in [0.5, 0.6) is 23.0 Å². The highest BCUT2D eigenvalue weighted by molar-refractivity contribution is 6.03. The Bertz CT molecular complexity index is 1280. The first-order valence-electron chi connectivity index (χ1n) is 10.6. The van der Waals surface area contributed by atoms with Gasteiger partial charge in [0.1, 0.15) is 28.8 Å². The molecule has 6 heteroatoms. The summed E-state index contributed by atoms with van der Waals surface area (Å²) in [5, 5.41) is 7.75. The maximum atomic E-state index is 11.8. The Kier molecular flexibility index (Phi) is 6.55. The molecule has 0 unspecified atom stereocenters. The summed E-state index contributed by atoms with van der Waals surface area (Å²) in [6.07, 6.45) is -0.143. The Morgan fingerprint density at radius 3 is 2.06 bits per heavy atom. The molecular formula is C27H24N2O4. The van der Waals surface area contributed by atoms with Gasteiger partial charge in [0, 0.05) is 29.9 Å². The predicted molar refractivity (Wildman–Crippen MR) is 130 cm³/mol. The third-order valence-corrected chi connectivity index (χ3v) is 4.95. The Hall–Kier alpha value is -4.32. The number of fused-ring (bicyclic) bond motifs is 1. The van der Waals surface area contributed by atoms with Crippen molar-refractivity contribution in [1.82, 2.24) is 0 Å². The van der Waals surface area contributed by atoms with Gasteiger partial charge in [-0.2, -0.15) is 0 Å². The molecule has 0 spiro atoms. The van der Waals surface area contributed by atoms with Crippen LogP contribution in [0, 0.1) is 0 Å². The topological polar surface area (TPSA) is 76.7 Å². The highest BCUT2D eigenvalue weighted by Gasteiger charge is 2.10. The number of hydrogen-bond donors (Lipinski definition) is 2. The predicted octanol–water partition coefficient (Wildman–Crippen LogP) is 6.38. The van der Waals surface area contributed by atoms with Crippen molar-refractivity contribution >= 4 is 33.8 Å². The van der Waals surface area contributed by atoms with E-state index < -0.39 is 0 Å². The van der Waals surface area contributed by atoms with Crippen LogP contribution in [-0.4, -0.2) is 18.7 Å². The summed E-state index contributed by atoms with van der Waals surface area (Å²) < 4.78 is 12.3. The molecule has 1 amide bonds. The van der Waals surface area contributed by atoms with Crippen LogP contribution in [0.25, 0.3) is 10.8 Å². The first kappa shape index (κ1) is 21.9. The highest BCUT2D eigenvalue weighted by Crippen LogP contribution is 2.36. The first-order chi connectivity index (χ1) is 16.0. The van der Waals surface area contributed by atoms with Crippen LogP contribution >= 0.6 is 0 Å². The van der Waals surface area contributed by atoms with E-state index in [9.17, 15) is 9.59 Å². The Balaban J connectivity index is 1.55. The van der Waals surface area contributed by atoms with Crippen molar-refractivity contribution in [3.05, 3.63) is 84.9 Å². The van der Waals surface area contributed by atoms with E-state index in [0.29, 0.717) is 22.9 Å². The molecule has 0 atom stereocenters. The van der Waals surface area contributed by atoms with Gasteiger partial charge < -0.3 is 20.1 Å². The van der Waals surface area contributed by atoms with E-state index >= 15 is 0 Å². The zero-order valence-electron chi connectivity index (χ0n) is 18.4. The second-order valence-electron chi connectivity index (χ2n) is 7.57. The van der Waals surface area contributed by atoms with Crippen molar-refractivity contribution in [3.63, 3.8) is 0 Å². The first-order valence-corrected chi connectivity index (χ1v) is 10.6. The smallest absolute Gasteiger partial charge is 0.231 e. The van der Waals surface area contributed by atoms with Crippen LogP contribution in [-0.2, 0) is 9.59 Å². The lowest BCUT2D eigenvalue weighted by Gasteiger charge is -2.13. The molecule has 0 aliphatic carbocycles. The molecule has 0 radical (unpaired) electrons. The van der Waals surface area contributed by atoms with E-state index in [-0.39, 0.29) is 18.1 Å².